The first-order chi connectivity index (χ1) is 13.8. The summed E-state index contributed by atoms with van der Waals surface area (Å²) >= 11 is 0. The van der Waals surface area contributed by atoms with Gasteiger partial charge in [0, 0.05) is 30.6 Å². The number of hydrogen-bond donors (Lipinski definition) is 2. The minimum atomic E-state index is -2.95. The summed E-state index contributed by atoms with van der Waals surface area (Å²) in [6.07, 6.45) is 1.70. The van der Waals surface area contributed by atoms with Crippen molar-refractivity contribution >= 4 is 5.96 Å². The largest absolute Gasteiger partial charge is 0.454 e. The lowest BCUT2D eigenvalue weighted by atomic mass is 9.94. The number of halogens is 2. The maximum Gasteiger partial charge on any atom is 0.387 e. The van der Waals surface area contributed by atoms with E-state index in [2.05, 4.69) is 25.3 Å². The van der Waals surface area contributed by atoms with Crippen molar-refractivity contribution in [1.82, 2.24) is 15.6 Å². The number of benzene rings is 1. The van der Waals surface area contributed by atoms with Crippen LogP contribution in [-0.4, -0.2) is 31.4 Å². The van der Waals surface area contributed by atoms with Gasteiger partial charge in [-0.3, -0.25) is 4.99 Å². The molecule has 0 aliphatic carbocycles. The van der Waals surface area contributed by atoms with Crippen LogP contribution in [0.5, 0.6) is 17.2 Å². The Kier molecular flexibility index (Phi) is 6.09. The molecule has 2 N–H and O–H groups in total. The van der Waals surface area contributed by atoms with Gasteiger partial charge in [0.15, 0.2) is 17.5 Å². The Morgan fingerprint density at radius 1 is 1.21 bits per heavy atom. The van der Waals surface area contributed by atoms with Gasteiger partial charge in [-0.2, -0.15) is 8.78 Å². The van der Waals surface area contributed by atoms with Gasteiger partial charge in [0.2, 0.25) is 12.7 Å². The second-order valence-electron chi connectivity index (χ2n) is 7.34. The number of rotatable bonds is 6. The maximum absolute atomic E-state index is 12.7. The highest BCUT2D eigenvalue weighted by Gasteiger charge is 2.21. The zero-order valence-corrected chi connectivity index (χ0v) is 16.7. The fraction of sp³-hybridized carbons (Fsp3) is 0.474. The average molecular weight is 410 g/mol. The van der Waals surface area contributed by atoms with Gasteiger partial charge in [0.25, 0.3) is 0 Å². The van der Waals surface area contributed by atoms with E-state index in [1.807, 2.05) is 20.8 Å². The van der Waals surface area contributed by atoms with E-state index in [4.69, 9.17) is 13.9 Å². The summed E-state index contributed by atoms with van der Waals surface area (Å²) in [7, 11) is 1.60. The van der Waals surface area contributed by atoms with Crippen molar-refractivity contribution in [3.8, 4) is 17.2 Å². The zero-order chi connectivity index (χ0) is 21.0. The molecule has 8 nitrogen and oxygen atoms in total. The molecule has 0 saturated heterocycles. The third-order valence-electron chi connectivity index (χ3n) is 4.14. The quantitative estimate of drug-likeness (QED) is 0.558. The maximum atomic E-state index is 12.7. The van der Waals surface area contributed by atoms with E-state index in [0.29, 0.717) is 35.5 Å². The molecule has 3 rings (SSSR count). The number of alkyl halides is 2. The van der Waals surface area contributed by atoms with Gasteiger partial charge in [-0.15, -0.1) is 0 Å². The van der Waals surface area contributed by atoms with Crippen LogP contribution < -0.4 is 24.8 Å². The molecule has 2 heterocycles. The summed E-state index contributed by atoms with van der Waals surface area (Å²) in [5.41, 5.74) is 0.342. The first-order valence-electron chi connectivity index (χ1n) is 9.03. The third kappa shape index (κ3) is 5.27. The van der Waals surface area contributed by atoms with Gasteiger partial charge in [-0.1, -0.05) is 20.8 Å². The van der Waals surface area contributed by atoms with Gasteiger partial charge in [-0.25, -0.2) is 4.98 Å². The normalized spacial score (nSPS) is 13.7. The van der Waals surface area contributed by atoms with Crippen LogP contribution in [-0.2, 0) is 18.5 Å². The van der Waals surface area contributed by atoms with E-state index in [1.165, 1.54) is 6.07 Å². The van der Waals surface area contributed by atoms with E-state index in [0.717, 1.165) is 5.76 Å². The molecule has 29 heavy (non-hydrogen) atoms. The molecule has 1 aliphatic heterocycles. The van der Waals surface area contributed by atoms with Gasteiger partial charge in [-0.05, 0) is 6.07 Å². The predicted octanol–water partition coefficient (Wildman–Crippen LogP) is 3.17. The average Bonchev–Trinajstić information content (AvgIpc) is 3.29. The standard InChI is InChI=1S/C19H24F2N4O4/c1-19(2,3)15-8-23-16(29-15)9-25-18(22-4)24-7-11-5-13-14(27-10-26-13)6-12(11)28-17(20)21/h5-6,8,17H,7,9-10H2,1-4H3,(H2,22,24,25). The number of aromatic nitrogens is 1. The number of hydrogen-bond acceptors (Lipinski definition) is 6. The van der Waals surface area contributed by atoms with Gasteiger partial charge >= 0.3 is 6.61 Å². The van der Waals surface area contributed by atoms with Crippen molar-refractivity contribution in [1.29, 1.82) is 0 Å². The van der Waals surface area contributed by atoms with Gasteiger partial charge in [0.05, 0.1) is 12.7 Å². The topological polar surface area (TPSA) is 90.1 Å². The summed E-state index contributed by atoms with van der Waals surface area (Å²) in [6.45, 7) is 3.69. The number of guanidine groups is 1. The van der Waals surface area contributed by atoms with Crippen LogP contribution in [0, 0.1) is 0 Å². The highest BCUT2D eigenvalue weighted by atomic mass is 19.3. The Bertz CT molecular complexity index is 878. The number of fused-ring (bicyclic) bond motifs is 1. The van der Waals surface area contributed by atoms with Crippen molar-refractivity contribution < 1.29 is 27.4 Å². The molecule has 2 aromatic rings. The van der Waals surface area contributed by atoms with Crippen LogP contribution in [0.3, 0.4) is 0 Å². The van der Waals surface area contributed by atoms with Crippen molar-refractivity contribution in [2.75, 3.05) is 13.8 Å². The molecule has 0 radical (unpaired) electrons. The molecule has 0 amide bonds. The molecule has 1 aliphatic rings. The second kappa shape index (κ2) is 8.54. The first kappa shape index (κ1) is 20.7. The lowest BCUT2D eigenvalue weighted by Gasteiger charge is -2.15. The van der Waals surface area contributed by atoms with E-state index in [1.54, 1.807) is 19.3 Å². The molecule has 0 unspecified atom stereocenters. The molecule has 0 atom stereocenters. The van der Waals surface area contributed by atoms with E-state index >= 15 is 0 Å². The number of ether oxygens (including phenoxy) is 3. The lowest BCUT2D eigenvalue weighted by Crippen LogP contribution is -2.36. The monoisotopic (exact) mass is 410 g/mol. The number of oxazole rings is 1. The Labute approximate surface area is 167 Å². The van der Waals surface area contributed by atoms with E-state index in [9.17, 15) is 8.78 Å². The Balaban J connectivity index is 1.63. The van der Waals surface area contributed by atoms with Crippen LogP contribution in [0.1, 0.15) is 38.0 Å². The summed E-state index contributed by atoms with van der Waals surface area (Å²) in [5, 5.41) is 6.12. The summed E-state index contributed by atoms with van der Waals surface area (Å²) < 4.78 is 46.3. The second-order valence-corrected chi connectivity index (χ2v) is 7.34. The molecular formula is C19H24F2N4O4. The lowest BCUT2D eigenvalue weighted by molar-refractivity contribution is -0.0505. The number of nitrogens with zero attached hydrogens (tertiary/aromatic N) is 2. The molecular weight excluding hydrogens is 386 g/mol. The molecule has 0 bridgehead atoms. The highest BCUT2D eigenvalue weighted by molar-refractivity contribution is 5.79. The fourth-order valence-corrected chi connectivity index (χ4v) is 2.61. The number of nitrogens with one attached hydrogen (secondary N) is 2. The van der Waals surface area contributed by atoms with Crippen LogP contribution in [0.2, 0.25) is 0 Å². The molecule has 0 spiro atoms. The highest BCUT2D eigenvalue weighted by Crippen LogP contribution is 2.38. The molecule has 0 saturated carbocycles. The zero-order valence-electron chi connectivity index (χ0n) is 16.7. The molecule has 10 heteroatoms. The summed E-state index contributed by atoms with van der Waals surface area (Å²) in [5.74, 6) is 2.59. The molecule has 1 aromatic heterocycles. The van der Waals surface area contributed by atoms with E-state index < -0.39 is 6.61 Å². The van der Waals surface area contributed by atoms with Crippen molar-refractivity contribution in [2.24, 2.45) is 4.99 Å². The van der Waals surface area contributed by atoms with E-state index in [-0.39, 0.29) is 24.5 Å². The van der Waals surface area contributed by atoms with Crippen molar-refractivity contribution in [2.45, 2.75) is 45.9 Å². The van der Waals surface area contributed by atoms with Crippen LogP contribution in [0.4, 0.5) is 8.78 Å². The van der Waals surface area contributed by atoms with Crippen LogP contribution >= 0.6 is 0 Å². The molecule has 0 fully saturated rings. The SMILES string of the molecule is CN=C(NCc1ncc(C(C)(C)C)o1)NCc1cc2c(cc1OC(F)F)OCO2. The number of aliphatic imine (C=N–C) groups is 1. The van der Waals surface area contributed by atoms with Gasteiger partial charge < -0.3 is 29.3 Å². The van der Waals surface area contributed by atoms with Crippen molar-refractivity contribution in [3.05, 3.63) is 35.5 Å². The Morgan fingerprint density at radius 2 is 1.90 bits per heavy atom. The fourth-order valence-electron chi connectivity index (χ4n) is 2.61. The summed E-state index contributed by atoms with van der Waals surface area (Å²) in [6, 6.07) is 2.99. The Hall–Kier alpha value is -3.04. The van der Waals surface area contributed by atoms with Gasteiger partial charge in [0.1, 0.15) is 11.5 Å². The first-order valence-corrected chi connectivity index (χ1v) is 9.03. The predicted molar refractivity (Wildman–Crippen MR) is 101 cm³/mol. The summed E-state index contributed by atoms with van der Waals surface area (Å²) in [4.78, 5) is 8.36. The molecule has 158 valence electrons. The van der Waals surface area contributed by atoms with Crippen molar-refractivity contribution in [3.63, 3.8) is 0 Å². The minimum absolute atomic E-state index is 0.00900. The van der Waals surface area contributed by atoms with Crippen LogP contribution in [0.15, 0.2) is 27.7 Å². The third-order valence-corrected chi connectivity index (χ3v) is 4.14. The minimum Gasteiger partial charge on any atom is -0.454 e. The molecule has 1 aromatic carbocycles. The smallest absolute Gasteiger partial charge is 0.387 e. The van der Waals surface area contributed by atoms with Crippen LogP contribution in [0.25, 0.3) is 0 Å². The Morgan fingerprint density at radius 3 is 2.52 bits per heavy atom.